The molecule has 0 fully saturated rings. The van der Waals surface area contributed by atoms with Crippen LogP contribution in [-0.4, -0.2) is 45.0 Å². The van der Waals surface area contributed by atoms with Gasteiger partial charge in [-0.1, -0.05) is 5.16 Å². The number of carbonyl (C=O) groups is 1. The number of aromatic hydroxyl groups is 1. The Morgan fingerprint density at radius 1 is 1.67 bits per heavy atom. The summed E-state index contributed by atoms with van der Waals surface area (Å²) >= 11 is 0. The fourth-order valence-electron chi connectivity index (χ4n) is 1.44. The van der Waals surface area contributed by atoms with Crippen molar-refractivity contribution in [3.8, 4) is 5.75 Å². The highest BCUT2D eigenvalue weighted by Crippen LogP contribution is 2.17. The van der Waals surface area contributed by atoms with Gasteiger partial charge in [0, 0.05) is 25.7 Å². The lowest BCUT2D eigenvalue weighted by molar-refractivity contribution is 0.0744. The first-order chi connectivity index (χ1) is 8.47. The third-order valence-electron chi connectivity index (χ3n) is 2.64. The second-order valence-electron chi connectivity index (χ2n) is 3.95. The van der Waals surface area contributed by atoms with E-state index in [-0.39, 0.29) is 35.5 Å². The van der Waals surface area contributed by atoms with E-state index in [4.69, 9.17) is 10.9 Å². The van der Waals surface area contributed by atoms with E-state index in [0.29, 0.717) is 0 Å². The van der Waals surface area contributed by atoms with Crippen LogP contribution in [0.4, 0.5) is 0 Å². The molecule has 1 aromatic rings. The largest absolute Gasteiger partial charge is 0.505 e. The van der Waals surface area contributed by atoms with Gasteiger partial charge in [0.2, 0.25) is 0 Å². The summed E-state index contributed by atoms with van der Waals surface area (Å²) in [6.45, 7) is 1.76. The molecule has 1 rings (SSSR count). The maximum Gasteiger partial charge on any atom is 0.257 e. The molecule has 7 heteroatoms. The average molecular weight is 252 g/mol. The second kappa shape index (κ2) is 5.85. The third-order valence-corrected chi connectivity index (χ3v) is 2.64. The Hall–Kier alpha value is -2.31. The molecule has 0 bridgehead atoms. The first-order valence-electron chi connectivity index (χ1n) is 5.34. The maximum atomic E-state index is 12.1. The summed E-state index contributed by atoms with van der Waals surface area (Å²) in [5.74, 6) is -0.486. The molecule has 1 unspecified atom stereocenters. The van der Waals surface area contributed by atoms with Crippen LogP contribution in [0.2, 0.25) is 0 Å². The minimum absolute atomic E-state index is 0.0427. The predicted octanol–water partition coefficient (Wildman–Crippen LogP) is 0.384. The highest BCUT2D eigenvalue weighted by Gasteiger charge is 2.20. The lowest BCUT2D eigenvalue weighted by Crippen LogP contribution is -2.37. The molecule has 0 aliphatic rings. The van der Waals surface area contributed by atoms with Gasteiger partial charge in [0.1, 0.15) is 11.6 Å². The van der Waals surface area contributed by atoms with E-state index in [1.54, 1.807) is 14.0 Å². The van der Waals surface area contributed by atoms with Crippen molar-refractivity contribution in [1.29, 1.82) is 0 Å². The number of amidine groups is 1. The van der Waals surface area contributed by atoms with Crippen LogP contribution in [0.25, 0.3) is 0 Å². The summed E-state index contributed by atoms with van der Waals surface area (Å²) < 4.78 is 0. The summed E-state index contributed by atoms with van der Waals surface area (Å²) in [7, 11) is 1.58. The molecule has 1 heterocycles. The van der Waals surface area contributed by atoms with Gasteiger partial charge in [-0.2, -0.15) is 0 Å². The number of aromatic nitrogens is 1. The van der Waals surface area contributed by atoms with Crippen molar-refractivity contribution in [2.75, 3.05) is 7.05 Å². The SMILES string of the molecule is CC(C/C(N)=N/O)N(C)C(=O)c1ccncc1O. The third kappa shape index (κ3) is 3.09. The number of hydrogen-bond acceptors (Lipinski definition) is 5. The number of rotatable bonds is 4. The van der Waals surface area contributed by atoms with Crippen molar-refractivity contribution in [3.63, 3.8) is 0 Å². The van der Waals surface area contributed by atoms with Crippen LogP contribution in [0.3, 0.4) is 0 Å². The minimum atomic E-state index is -0.354. The lowest BCUT2D eigenvalue weighted by Gasteiger charge is -2.24. The van der Waals surface area contributed by atoms with Crippen LogP contribution in [0.1, 0.15) is 23.7 Å². The van der Waals surface area contributed by atoms with Crippen LogP contribution in [0, 0.1) is 0 Å². The van der Waals surface area contributed by atoms with Gasteiger partial charge in [-0.05, 0) is 13.0 Å². The Morgan fingerprint density at radius 3 is 2.89 bits per heavy atom. The van der Waals surface area contributed by atoms with Crippen LogP contribution < -0.4 is 5.73 Å². The topological polar surface area (TPSA) is 112 Å². The monoisotopic (exact) mass is 252 g/mol. The zero-order valence-electron chi connectivity index (χ0n) is 10.2. The van der Waals surface area contributed by atoms with Gasteiger partial charge in [-0.3, -0.25) is 9.78 Å². The Kier molecular flexibility index (Phi) is 4.47. The first kappa shape index (κ1) is 13.8. The quantitative estimate of drug-likeness (QED) is 0.310. The molecule has 1 aromatic heterocycles. The van der Waals surface area contributed by atoms with Gasteiger partial charge in [0.25, 0.3) is 5.91 Å². The molecule has 0 saturated carbocycles. The van der Waals surface area contributed by atoms with Gasteiger partial charge < -0.3 is 20.9 Å². The molecule has 1 atom stereocenters. The normalized spacial score (nSPS) is 13.1. The molecule has 18 heavy (non-hydrogen) atoms. The molecule has 0 radical (unpaired) electrons. The fourth-order valence-corrected chi connectivity index (χ4v) is 1.44. The standard InChI is InChI=1S/C11H16N4O3/c1-7(5-10(12)14-18)15(2)11(17)8-3-4-13-6-9(8)16/h3-4,6-7,16,18H,5H2,1-2H3,(H2,12,14). The molecule has 0 aliphatic carbocycles. The van der Waals surface area contributed by atoms with Crippen LogP contribution in [0.5, 0.6) is 5.75 Å². The van der Waals surface area contributed by atoms with Crippen LogP contribution in [-0.2, 0) is 0 Å². The van der Waals surface area contributed by atoms with E-state index in [2.05, 4.69) is 10.1 Å². The van der Waals surface area contributed by atoms with Gasteiger partial charge in [-0.15, -0.1) is 0 Å². The summed E-state index contributed by atoms with van der Waals surface area (Å²) in [5, 5.41) is 20.9. The molecule has 0 aliphatic heterocycles. The second-order valence-corrected chi connectivity index (χ2v) is 3.95. The fraction of sp³-hybridized carbons (Fsp3) is 0.364. The van der Waals surface area contributed by atoms with Crippen LogP contribution >= 0.6 is 0 Å². The predicted molar refractivity (Wildman–Crippen MR) is 65.5 cm³/mol. The summed E-state index contributed by atoms with van der Waals surface area (Å²) in [6, 6.07) is 1.17. The van der Waals surface area contributed by atoms with Gasteiger partial charge >= 0.3 is 0 Å². The summed E-state index contributed by atoms with van der Waals surface area (Å²) in [4.78, 5) is 17.2. The van der Waals surface area contributed by atoms with Gasteiger partial charge in [0.15, 0.2) is 0 Å². The molecular formula is C11H16N4O3. The average Bonchev–Trinajstić information content (AvgIpc) is 2.37. The number of pyridine rings is 1. The van der Waals surface area contributed by atoms with E-state index < -0.39 is 0 Å². The van der Waals surface area contributed by atoms with Crippen molar-refractivity contribution in [2.24, 2.45) is 10.9 Å². The molecule has 1 amide bonds. The number of nitrogens with two attached hydrogens (primary N) is 1. The smallest absolute Gasteiger partial charge is 0.257 e. The molecular weight excluding hydrogens is 236 g/mol. The number of nitrogens with zero attached hydrogens (tertiary/aromatic N) is 3. The maximum absolute atomic E-state index is 12.1. The van der Waals surface area contributed by atoms with Crippen molar-refractivity contribution < 1.29 is 15.1 Å². The van der Waals surface area contributed by atoms with E-state index in [1.165, 1.54) is 23.4 Å². The molecule has 4 N–H and O–H groups in total. The van der Waals surface area contributed by atoms with Crippen molar-refractivity contribution in [2.45, 2.75) is 19.4 Å². The Bertz CT molecular complexity index is 461. The number of amides is 1. The van der Waals surface area contributed by atoms with Crippen LogP contribution in [0.15, 0.2) is 23.6 Å². The Morgan fingerprint density at radius 2 is 2.33 bits per heavy atom. The van der Waals surface area contributed by atoms with Crippen molar-refractivity contribution >= 4 is 11.7 Å². The van der Waals surface area contributed by atoms with Gasteiger partial charge in [0.05, 0.1) is 11.8 Å². The Balaban J connectivity index is 2.81. The molecule has 98 valence electrons. The van der Waals surface area contributed by atoms with E-state index in [1.807, 2.05) is 0 Å². The van der Waals surface area contributed by atoms with Crippen molar-refractivity contribution in [3.05, 3.63) is 24.0 Å². The minimum Gasteiger partial charge on any atom is -0.505 e. The van der Waals surface area contributed by atoms with E-state index >= 15 is 0 Å². The first-order valence-corrected chi connectivity index (χ1v) is 5.34. The molecule has 0 aromatic carbocycles. The molecule has 0 saturated heterocycles. The summed E-state index contributed by atoms with van der Waals surface area (Å²) in [6.07, 6.45) is 2.87. The highest BCUT2D eigenvalue weighted by molar-refractivity contribution is 5.96. The highest BCUT2D eigenvalue weighted by atomic mass is 16.4. The van der Waals surface area contributed by atoms with Gasteiger partial charge in [-0.25, -0.2) is 0 Å². The zero-order valence-corrected chi connectivity index (χ0v) is 10.2. The zero-order chi connectivity index (χ0) is 13.7. The van der Waals surface area contributed by atoms with E-state index in [9.17, 15) is 9.90 Å². The number of carbonyl (C=O) groups excluding carboxylic acids is 1. The Labute approximate surface area is 105 Å². The molecule has 7 nitrogen and oxygen atoms in total. The summed E-state index contributed by atoms with van der Waals surface area (Å²) in [5.41, 5.74) is 5.55. The lowest BCUT2D eigenvalue weighted by atomic mass is 10.1. The van der Waals surface area contributed by atoms with E-state index in [0.717, 1.165) is 0 Å². The van der Waals surface area contributed by atoms with Crippen molar-refractivity contribution in [1.82, 2.24) is 9.88 Å². The molecule has 0 spiro atoms. The number of oxime groups is 1. The number of hydrogen-bond donors (Lipinski definition) is 3.